The minimum atomic E-state index is 0.275. The van der Waals surface area contributed by atoms with Crippen LogP contribution in [0.25, 0.3) is 0 Å². The van der Waals surface area contributed by atoms with Crippen molar-refractivity contribution in [3.8, 4) is 0 Å². The first-order valence-electron chi connectivity index (χ1n) is 6.59. The van der Waals surface area contributed by atoms with Crippen LogP contribution in [-0.4, -0.2) is 48.0 Å². The predicted octanol–water partition coefficient (Wildman–Crippen LogP) is 1.65. The summed E-state index contributed by atoms with van der Waals surface area (Å²) >= 11 is 0. The predicted molar refractivity (Wildman–Crippen MR) is 64.4 cm³/mol. The summed E-state index contributed by atoms with van der Waals surface area (Å²) in [6.45, 7) is 7.97. The third-order valence-electron chi connectivity index (χ3n) is 4.21. The van der Waals surface area contributed by atoms with Gasteiger partial charge in [0.1, 0.15) is 0 Å². The van der Waals surface area contributed by atoms with Gasteiger partial charge in [-0.1, -0.05) is 0 Å². The Labute approximate surface area is 98.8 Å². The molecule has 16 heavy (non-hydrogen) atoms. The second-order valence-electron chi connectivity index (χ2n) is 5.94. The third-order valence-corrected chi connectivity index (χ3v) is 4.21. The fraction of sp³-hybridized carbons (Fsp3) is 1.00. The van der Waals surface area contributed by atoms with E-state index in [-0.39, 0.29) is 5.54 Å². The topological polar surface area (TPSA) is 32.7 Å². The van der Waals surface area contributed by atoms with Crippen molar-refractivity contribution in [2.45, 2.75) is 51.2 Å². The molecule has 0 aromatic carbocycles. The number of hydrogen-bond acceptors (Lipinski definition) is 3. The number of rotatable bonds is 3. The van der Waals surface area contributed by atoms with Crippen LogP contribution in [0.4, 0.5) is 0 Å². The molecule has 3 heteroatoms. The summed E-state index contributed by atoms with van der Waals surface area (Å²) in [7, 11) is 0. The van der Waals surface area contributed by atoms with Crippen molar-refractivity contribution in [1.29, 1.82) is 0 Å². The van der Waals surface area contributed by atoms with E-state index >= 15 is 0 Å². The monoisotopic (exact) mass is 227 g/mol. The zero-order valence-corrected chi connectivity index (χ0v) is 10.6. The standard InChI is InChI=1S/C13H25NO2/c1-13(2)6-5-11(10-15)8-14(13)9-12-4-3-7-16-12/h11-12,15H,3-10H2,1-2H3. The van der Waals surface area contributed by atoms with Crippen molar-refractivity contribution in [1.82, 2.24) is 4.90 Å². The molecule has 0 bridgehead atoms. The van der Waals surface area contributed by atoms with E-state index in [1.54, 1.807) is 0 Å². The summed E-state index contributed by atoms with van der Waals surface area (Å²) in [4.78, 5) is 2.52. The number of aliphatic hydroxyl groups is 1. The van der Waals surface area contributed by atoms with Crippen molar-refractivity contribution in [2.75, 3.05) is 26.3 Å². The molecule has 0 radical (unpaired) electrons. The van der Waals surface area contributed by atoms with Gasteiger partial charge in [-0.3, -0.25) is 4.90 Å². The maximum absolute atomic E-state index is 9.28. The first-order valence-corrected chi connectivity index (χ1v) is 6.59. The van der Waals surface area contributed by atoms with E-state index in [2.05, 4.69) is 18.7 Å². The van der Waals surface area contributed by atoms with Crippen molar-refractivity contribution >= 4 is 0 Å². The number of piperidine rings is 1. The second-order valence-corrected chi connectivity index (χ2v) is 5.94. The Morgan fingerprint density at radius 3 is 2.81 bits per heavy atom. The molecule has 2 atom stereocenters. The summed E-state index contributed by atoms with van der Waals surface area (Å²) in [6.07, 6.45) is 5.19. The second kappa shape index (κ2) is 5.03. The van der Waals surface area contributed by atoms with Gasteiger partial charge < -0.3 is 9.84 Å². The van der Waals surface area contributed by atoms with E-state index in [0.717, 1.165) is 26.1 Å². The minimum absolute atomic E-state index is 0.275. The lowest BCUT2D eigenvalue weighted by atomic mass is 9.85. The summed E-state index contributed by atoms with van der Waals surface area (Å²) in [6, 6.07) is 0. The van der Waals surface area contributed by atoms with Gasteiger partial charge in [0, 0.05) is 31.8 Å². The fourth-order valence-electron chi connectivity index (χ4n) is 2.87. The molecule has 3 nitrogen and oxygen atoms in total. The fourth-order valence-corrected chi connectivity index (χ4v) is 2.87. The molecule has 0 saturated carbocycles. The molecule has 0 aromatic rings. The molecular weight excluding hydrogens is 202 g/mol. The van der Waals surface area contributed by atoms with Crippen LogP contribution in [0.2, 0.25) is 0 Å². The van der Waals surface area contributed by atoms with E-state index in [0.29, 0.717) is 18.6 Å². The number of nitrogens with zero attached hydrogens (tertiary/aromatic N) is 1. The Balaban J connectivity index is 1.92. The zero-order chi connectivity index (χ0) is 11.6. The van der Waals surface area contributed by atoms with Crippen LogP contribution < -0.4 is 0 Å². The molecule has 2 fully saturated rings. The lowest BCUT2D eigenvalue weighted by molar-refractivity contribution is -0.0139. The third kappa shape index (κ3) is 2.76. The van der Waals surface area contributed by atoms with Gasteiger partial charge in [0.2, 0.25) is 0 Å². The molecule has 0 aromatic heterocycles. The van der Waals surface area contributed by atoms with Crippen LogP contribution in [0.15, 0.2) is 0 Å². The van der Waals surface area contributed by atoms with Gasteiger partial charge in [0.25, 0.3) is 0 Å². The quantitative estimate of drug-likeness (QED) is 0.795. The van der Waals surface area contributed by atoms with Gasteiger partial charge in [-0.25, -0.2) is 0 Å². The number of aliphatic hydroxyl groups excluding tert-OH is 1. The lowest BCUT2D eigenvalue weighted by Gasteiger charge is -2.46. The zero-order valence-electron chi connectivity index (χ0n) is 10.6. The highest BCUT2D eigenvalue weighted by atomic mass is 16.5. The lowest BCUT2D eigenvalue weighted by Crippen LogP contribution is -2.53. The minimum Gasteiger partial charge on any atom is -0.396 e. The maximum atomic E-state index is 9.28. The Morgan fingerprint density at radius 1 is 1.38 bits per heavy atom. The van der Waals surface area contributed by atoms with E-state index in [9.17, 15) is 5.11 Å². The van der Waals surface area contributed by atoms with Crippen molar-refractivity contribution < 1.29 is 9.84 Å². The normalized spacial score (nSPS) is 35.4. The van der Waals surface area contributed by atoms with Gasteiger partial charge in [-0.05, 0) is 45.4 Å². The maximum Gasteiger partial charge on any atom is 0.0703 e. The molecule has 0 aliphatic carbocycles. The molecule has 2 aliphatic rings. The summed E-state index contributed by atoms with van der Waals surface area (Å²) in [5, 5.41) is 9.28. The van der Waals surface area contributed by atoms with Crippen LogP contribution in [0.1, 0.15) is 39.5 Å². The highest BCUT2D eigenvalue weighted by Gasteiger charge is 2.35. The average Bonchev–Trinajstić information content (AvgIpc) is 2.74. The van der Waals surface area contributed by atoms with Crippen molar-refractivity contribution in [3.63, 3.8) is 0 Å². The van der Waals surface area contributed by atoms with Gasteiger partial charge >= 0.3 is 0 Å². The SMILES string of the molecule is CC1(C)CCC(CO)CN1CC1CCCO1. The first kappa shape index (κ1) is 12.3. The summed E-state index contributed by atoms with van der Waals surface area (Å²) < 4.78 is 5.71. The Hall–Kier alpha value is -0.120. The Morgan fingerprint density at radius 2 is 2.19 bits per heavy atom. The molecule has 94 valence electrons. The van der Waals surface area contributed by atoms with E-state index in [4.69, 9.17) is 4.74 Å². The molecule has 1 N–H and O–H groups in total. The molecule has 2 aliphatic heterocycles. The van der Waals surface area contributed by atoms with Gasteiger partial charge in [-0.15, -0.1) is 0 Å². The smallest absolute Gasteiger partial charge is 0.0703 e. The number of hydrogen-bond donors (Lipinski definition) is 1. The Bertz CT molecular complexity index is 224. The first-order chi connectivity index (χ1) is 7.62. The molecule has 2 heterocycles. The van der Waals surface area contributed by atoms with Gasteiger partial charge in [0.15, 0.2) is 0 Å². The van der Waals surface area contributed by atoms with E-state index < -0.39 is 0 Å². The summed E-state index contributed by atoms with van der Waals surface area (Å²) in [5.74, 6) is 0.467. The highest BCUT2D eigenvalue weighted by Crippen LogP contribution is 2.31. The van der Waals surface area contributed by atoms with Gasteiger partial charge in [0.05, 0.1) is 6.10 Å². The van der Waals surface area contributed by atoms with Crippen LogP contribution >= 0.6 is 0 Å². The summed E-state index contributed by atoms with van der Waals surface area (Å²) in [5.41, 5.74) is 0.275. The highest BCUT2D eigenvalue weighted by molar-refractivity contribution is 4.90. The molecule has 2 rings (SSSR count). The number of likely N-dealkylation sites (tertiary alicyclic amines) is 1. The average molecular weight is 227 g/mol. The Kier molecular flexibility index (Phi) is 3.88. The van der Waals surface area contributed by atoms with Crippen molar-refractivity contribution in [3.05, 3.63) is 0 Å². The molecule has 2 unspecified atom stereocenters. The molecular formula is C13H25NO2. The van der Waals surface area contributed by atoms with Crippen LogP contribution in [0.3, 0.4) is 0 Å². The molecule has 0 amide bonds. The van der Waals surface area contributed by atoms with Crippen LogP contribution in [0.5, 0.6) is 0 Å². The van der Waals surface area contributed by atoms with Crippen LogP contribution in [0, 0.1) is 5.92 Å². The largest absolute Gasteiger partial charge is 0.396 e. The van der Waals surface area contributed by atoms with Crippen LogP contribution in [-0.2, 0) is 4.74 Å². The molecule has 2 saturated heterocycles. The number of ether oxygens (including phenoxy) is 1. The molecule has 0 spiro atoms. The van der Waals surface area contributed by atoms with E-state index in [1.807, 2.05) is 0 Å². The van der Waals surface area contributed by atoms with Crippen molar-refractivity contribution in [2.24, 2.45) is 5.92 Å². The van der Waals surface area contributed by atoms with E-state index in [1.165, 1.54) is 19.3 Å². The van der Waals surface area contributed by atoms with Gasteiger partial charge in [-0.2, -0.15) is 0 Å².